The summed E-state index contributed by atoms with van der Waals surface area (Å²) in [5, 5.41) is 0. The topological polar surface area (TPSA) is 77.1 Å². The molecule has 0 aliphatic carbocycles. The van der Waals surface area contributed by atoms with Gasteiger partial charge in [0, 0.05) is 33.9 Å². The van der Waals surface area contributed by atoms with Crippen molar-refractivity contribution in [2.45, 2.75) is 6.54 Å². The Balaban J connectivity index is 2.08. The summed E-state index contributed by atoms with van der Waals surface area (Å²) >= 11 is 0. The standard InChI is InChI=1S/C25H45NO8/c1-27-12-14-31-20-22-33-18-16-29-10-8-26(24-25-6-4-3-5-7-25)9-11-30-17-19-34-23-21-32-15-13-28-2/h3-7H,8-24H2,1-2H3. The third-order valence-corrected chi connectivity index (χ3v) is 4.70. The van der Waals surface area contributed by atoms with Gasteiger partial charge in [0.2, 0.25) is 0 Å². The van der Waals surface area contributed by atoms with Crippen LogP contribution in [0.2, 0.25) is 0 Å². The predicted octanol–water partition coefficient (Wildman–Crippen LogP) is 1.88. The van der Waals surface area contributed by atoms with Crippen molar-refractivity contribution in [1.29, 1.82) is 0 Å². The van der Waals surface area contributed by atoms with Crippen molar-refractivity contribution in [2.75, 3.05) is 120 Å². The van der Waals surface area contributed by atoms with Gasteiger partial charge in [-0.05, 0) is 5.56 Å². The lowest BCUT2D eigenvalue weighted by molar-refractivity contribution is -0.00536. The average Bonchev–Trinajstić information content (AvgIpc) is 2.86. The fourth-order valence-electron chi connectivity index (χ4n) is 2.87. The molecule has 0 spiro atoms. The van der Waals surface area contributed by atoms with E-state index in [0.29, 0.717) is 92.5 Å². The second kappa shape index (κ2) is 25.0. The highest BCUT2D eigenvalue weighted by atomic mass is 16.6. The van der Waals surface area contributed by atoms with Crippen molar-refractivity contribution in [3.63, 3.8) is 0 Å². The van der Waals surface area contributed by atoms with Gasteiger partial charge >= 0.3 is 0 Å². The number of methoxy groups -OCH3 is 2. The van der Waals surface area contributed by atoms with Crippen LogP contribution < -0.4 is 0 Å². The van der Waals surface area contributed by atoms with Crippen LogP contribution in [-0.2, 0) is 44.4 Å². The van der Waals surface area contributed by atoms with Crippen LogP contribution in [0, 0.1) is 0 Å². The lowest BCUT2D eigenvalue weighted by atomic mass is 10.2. The van der Waals surface area contributed by atoms with Gasteiger partial charge in [-0.15, -0.1) is 0 Å². The van der Waals surface area contributed by atoms with Gasteiger partial charge in [0.15, 0.2) is 0 Å². The third kappa shape index (κ3) is 20.3. The lowest BCUT2D eigenvalue weighted by Gasteiger charge is -2.22. The Bertz CT molecular complexity index is 497. The van der Waals surface area contributed by atoms with E-state index in [4.69, 9.17) is 37.9 Å². The third-order valence-electron chi connectivity index (χ3n) is 4.70. The lowest BCUT2D eigenvalue weighted by Crippen LogP contribution is -2.31. The van der Waals surface area contributed by atoms with Crippen LogP contribution in [0.25, 0.3) is 0 Å². The van der Waals surface area contributed by atoms with E-state index in [2.05, 4.69) is 29.2 Å². The molecule has 0 aliphatic heterocycles. The largest absolute Gasteiger partial charge is 0.382 e. The maximum absolute atomic E-state index is 5.75. The first-order valence-electron chi connectivity index (χ1n) is 12.1. The number of hydrogen-bond donors (Lipinski definition) is 0. The molecule has 1 aromatic carbocycles. The molecule has 0 aliphatic rings. The number of hydrogen-bond acceptors (Lipinski definition) is 9. The summed E-state index contributed by atoms with van der Waals surface area (Å²) in [7, 11) is 3.32. The summed E-state index contributed by atoms with van der Waals surface area (Å²) in [6.07, 6.45) is 0. The number of benzene rings is 1. The zero-order chi connectivity index (χ0) is 24.4. The Morgan fingerprint density at radius 3 is 1.21 bits per heavy atom. The first-order valence-corrected chi connectivity index (χ1v) is 12.1. The minimum atomic E-state index is 0.562. The van der Waals surface area contributed by atoms with E-state index < -0.39 is 0 Å². The van der Waals surface area contributed by atoms with Crippen LogP contribution in [0.15, 0.2) is 30.3 Å². The van der Waals surface area contributed by atoms with E-state index in [1.807, 2.05) is 6.07 Å². The predicted molar refractivity (Wildman–Crippen MR) is 130 cm³/mol. The van der Waals surface area contributed by atoms with Crippen molar-refractivity contribution in [3.8, 4) is 0 Å². The van der Waals surface area contributed by atoms with E-state index >= 15 is 0 Å². The summed E-state index contributed by atoms with van der Waals surface area (Å²) in [6.45, 7) is 10.7. The molecule has 0 saturated heterocycles. The molecule has 0 radical (unpaired) electrons. The molecule has 0 aromatic heterocycles. The normalized spacial score (nSPS) is 11.5. The molecule has 0 heterocycles. The molecule has 0 N–H and O–H groups in total. The fraction of sp³-hybridized carbons (Fsp3) is 0.760. The van der Waals surface area contributed by atoms with Gasteiger partial charge in [0.1, 0.15) is 0 Å². The van der Waals surface area contributed by atoms with Crippen molar-refractivity contribution < 1.29 is 37.9 Å². The van der Waals surface area contributed by atoms with E-state index in [9.17, 15) is 0 Å². The first kappa shape index (κ1) is 30.9. The summed E-state index contributed by atoms with van der Waals surface area (Å²) in [5.74, 6) is 0. The zero-order valence-corrected chi connectivity index (χ0v) is 21.1. The van der Waals surface area contributed by atoms with Crippen LogP contribution in [-0.4, -0.2) is 125 Å². The fourth-order valence-corrected chi connectivity index (χ4v) is 2.87. The maximum Gasteiger partial charge on any atom is 0.0701 e. The van der Waals surface area contributed by atoms with Crippen LogP contribution >= 0.6 is 0 Å². The van der Waals surface area contributed by atoms with Gasteiger partial charge < -0.3 is 37.9 Å². The summed E-state index contributed by atoms with van der Waals surface area (Å²) in [4.78, 5) is 2.34. The summed E-state index contributed by atoms with van der Waals surface area (Å²) < 4.78 is 43.1. The molecular weight excluding hydrogens is 442 g/mol. The molecule has 0 amide bonds. The molecule has 34 heavy (non-hydrogen) atoms. The molecule has 198 valence electrons. The van der Waals surface area contributed by atoms with E-state index in [1.165, 1.54) is 5.56 Å². The SMILES string of the molecule is COCCOCCOCCOCCN(CCOCCOCCOCCOC)Cc1ccccc1. The van der Waals surface area contributed by atoms with E-state index in [-0.39, 0.29) is 0 Å². The minimum absolute atomic E-state index is 0.562. The highest BCUT2D eigenvalue weighted by Gasteiger charge is 2.06. The molecule has 1 aromatic rings. The molecule has 0 fully saturated rings. The second-order valence-electron chi connectivity index (χ2n) is 7.42. The highest BCUT2D eigenvalue weighted by Crippen LogP contribution is 2.04. The van der Waals surface area contributed by atoms with E-state index in [0.717, 1.165) is 19.6 Å². The smallest absolute Gasteiger partial charge is 0.0701 e. The van der Waals surface area contributed by atoms with Crippen LogP contribution in [0.4, 0.5) is 0 Å². The Hall–Kier alpha value is -1.14. The van der Waals surface area contributed by atoms with Crippen LogP contribution in [0.1, 0.15) is 5.56 Å². The Labute approximate surface area is 205 Å². The number of rotatable bonds is 26. The highest BCUT2D eigenvalue weighted by molar-refractivity contribution is 5.14. The maximum atomic E-state index is 5.75. The molecule has 0 atom stereocenters. The van der Waals surface area contributed by atoms with Crippen LogP contribution in [0.3, 0.4) is 0 Å². The molecule has 9 nitrogen and oxygen atoms in total. The van der Waals surface area contributed by atoms with Crippen LogP contribution in [0.5, 0.6) is 0 Å². The van der Waals surface area contributed by atoms with Gasteiger partial charge in [-0.3, -0.25) is 4.90 Å². The molecule has 1 rings (SSSR count). The van der Waals surface area contributed by atoms with Gasteiger partial charge in [0.05, 0.1) is 92.5 Å². The molecular formula is C25H45NO8. The Kier molecular flexibility index (Phi) is 22.7. The van der Waals surface area contributed by atoms with E-state index in [1.54, 1.807) is 14.2 Å². The van der Waals surface area contributed by atoms with Gasteiger partial charge in [-0.2, -0.15) is 0 Å². The summed E-state index contributed by atoms with van der Waals surface area (Å²) in [6, 6.07) is 10.4. The Morgan fingerprint density at radius 2 is 0.824 bits per heavy atom. The Morgan fingerprint density at radius 1 is 0.471 bits per heavy atom. The van der Waals surface area contributed by atoms with Gasteiger partial charge in [0.25, 0.3) is 0 Å². The number of nitrogens with zero attached hydrogens (tertiary/aromatic N) is 1. The number of ether oxygens (including phenoxy) is 8. The summed E-state index contributed by atoms with van der Waals surface area (Å²) in [5.41, 5.74) is 1.27. The van der Waals surface area contributed by atoms with Crippen molar-refractivity contribution in [3.05, 3.63) is 35.9 Å². The van der Waals surface area contributed by atoms with Gasteiger partial charge in [-0.25, -0.2) is 0 Å². The molecule has 0 bridgehead atoms. The average molecular weight is 488 g/mol. The first-order chi connectivity index (χ1) is 16.9. The van der Waals surface area contributed by atoms with Gasteiger partial charge in [-0.1, -0.05) is 30.3 Å². The van der Waals surface area contributed by atoms with Crippen molar-refractivity contribution >= 4 is 0 Å². The minimum Gasteiger partial charge on any atom is -0.382 e. The monoisotopic (exact) mass is 487 g/mol. The quantitative estimate of drug-likeness (QED) is 0.182. The van der Waals surface area contributed by atoms with Crippen molar-refractivity contribution in [2.24, 2.45) is 0 Å². The second-order valence-corrected chi connectivity index (χ2v) is 7.42. The molecule has 9 heteroatoms. The molecule has 0 unspecified atom stereocenters. The van der Waals surface area contributed by atoms with Crippen molar-refractivity contribution in [1.82, 2.24) is 4.90 Å². The molecule has 0 saturated carbocycles. The zero-order valence-electron chi connectivity index (χ0n) is 21.1.